The summed E-state index contributed by atoms with van der Waals surface area (Å²) in [5.74, 6) is -1.68. The first kappa shape index (κ1) is 25.9. The van der Waals surface area contributed by atoms with Crippen LogP contribution in [-0.2, 0) is 14.4 Å². The molecule has 0 aliphatic heterocycles. The van der Waals surface area contributed by atoms with E-state index in [2.05, 4.69) is 37.1 Å². The topological polar surface area (TPSA) is 109 Å². The molecule has 0 fully saturated rings. The molecule has 0 unspecified atom stereocenters. The van der Waals surface area contributed by atoms with E-state index in [-0.39, 0.29) is 12.5 Å². The van der Waals surface area contributed by atoms with Gasteiger partial charge in [-0.2, -0.15) is 5.10 Å². The molecule has 0 spiro atoms. The van der Waals surface area contributed by atoms with Crippen LogP contribution in [0, 0.1) is 13.8 Å². The van der Waals surface area contributed by atoms with Crippen LogP contribution >= 0.6 is 27.5 Å². The molecule has 0 aliphatic rings. The molecule has 0 saturated carbocycles. The molecule has 0 saturated heterocycles. The normalized spacial score (nSPS) is 10.6. The monoisotopic (exact) mass is 556 g/mol. The molecule has 3 aromatic rings. The molecule has 3 rings (SSSR count). The Morgan fingerprint density at radius 1 is 0.971 bits per heavy atom. The molecule has 8 nitrogen and oxygen atoms in total. The summed E-state index contributed by atoms with van der Waals surface area (Å²) in [6.45, 7) is 3.64. The van der Waals surface area contributed by atoms with Crippen LogP contribution in [0.15, 0.2) is 70.2 Å². The first-order chi connectivity index (χ1) is 16.7. The number of benzene rings is 3. The fourth-order valence-corrected chi connectivity index (χ4v) is 3.96. The number of anilines is 2. The van der Waals surface area contributed by atoms with Crippen molar-refractivity contribution < 1.29 is 19.1 Å². The van der Waals surface area contributed by atoms with Crippen molar-refractivity contribution in [3.05, 3.63) is 86.8 Å². The van der Waals surface area contributed by atoms with Crippen LogP contribution in [0.3, 0.4) is 0 Å². The van der Waals surface area contributed by atoms with Crippen molar-refractivity contribution in [1.29, 1.82) is 0 Å². The second kappa shape index (κ2) is 12.1. The van der Waals surface area contributed by atoms with Crippen molar-refractivity contribution in [2.45, 2.75) is 13.8 Å². The van der Waals surface area contributed by atoms with Crippen molar-refractivity contribution in [1.82, 2.24) is 5.43 Å². The van der Waals surface area contributed by atoms with Crippen molar-refractivity contribution in [3.8, 4) is 5.75 Å². The van der Waals surface area contributed by atoms with E-state index in [1.807, 2.05) is 26.0 Å². The quantitative estimate of drug-likeness (QED) is 0.220. The average molecular weight is 558 g/mol. The maximum Gasteiger partial charge on any atom is 0.329 e. The molecule has 0 heterocycles. The third kappa shape index (κ3) is 7.94. The van der Waals surface area contributed by atoms with Crippen LogP contribution in [0.4, 0.5) is 11.4 Å². The summed E-state index contributed by atoms with van der Waals surface area (Å²) in [5.41, 5.74) is 5.76. The zero-order chi connectivity index (χ0) is 25.4. The number of nitrogens with one attached hydrogen (secondary N) is 3. The van der Waals surface area contributed by atoms with Crippen molar-refractivity contribution >= 4 is 62.8 Å². The summed E-state index contributed by atoms with van der Waals surface area (Å²) in [5, 5.41) is 9.51. The lowest BCUT2D eigenvalue weighted by Crippen LogP contribution is -2.32. The number of hydrazone groups is 1. The van der Waals surface area contributed by atoms with Gasteiger partial charge in [0.25, 0.3) is 5.91 Å². The smallest absolute Gasteiger partial charge is 0.329 e. The number of halogens is 2. The van der Waals surface area contributed by atoms with Gasteiger partial charge >= 0.3 is 11.8 Å². The Morgan fingerprint density at radius 3 is 2.40 bits per heavy atom. The summed E-state index contributed by atoms with van der Waals surface area (Å²) in [6, 6.07) is 17.0. The Balaban J connectivity index is 1.51. The first-order valence-electron chi connectivity index (χ1n) is 10.4. The number of carbonyl (C=O) groups excluding carboxylic acids is 3. The molecule has 35 heavy (non-hydrogen) atoms. The highest BCUT2D eigenvalue weighted by atomic mass is 79.9. The van der Waals surface area contributed by atoms with Crippen LogP contribution in [0.5, 0.6) is 5.75 Å². The summed E-state index contributed by atoms with van der Waals surface area (Å²) < 4.78 is 6.52. The third-order valence-corrected chi connectivity index (χ3v) is 5.35. The molecular weight excluding hydrogens is 536 g/mol. The number of rotatable bonds is 7. The van der Waals surface area contributed by atoms with E-state index in [0.717, 1.165) is 21.3 Å². The maximum absolute atomic E-state index is 12.4. The summed E-state index contributed by atoms with van der Waals surface area (Å²) in [6.07, 6.45) is 1.35. The highest BCUT2D eigenvalue weighted by molar-refractivity contribution is 9.10. The van der Waals surface area contributed by atoms with E-state index >= 15 is 0 Å². The minimum absolute atomic E-state index is 0.185. The largest absolute Gasteiger partial charge is 0.484 e. The average Bonchev–Trinajstić information content (AvgIpc) is 2.80. The van der Waals surface area contributed by atoms with Gasteiger partial charge in [0.15, 0.2) is 6.61 Å². The van der Waals surface area contributed by atoms with E-state index in [9.17, 15) is 14.4 Å². The highest BCUT2D eigenvalue weighted by Gasteiger charge is 2.13. The van der Waals surface area contributed by atoms with Gasteiger partial charge in [-0.1, -0.05) is 45.7 Å². The molecule has 3 aromatic carbocycles. The lowest BCUT2D eigenvalue weighted by molar-refractivity contribution is -0.136. The van der Waals surface area contributed by atoms with Crippen molar-refractivity contribution in [3.63, 3.8) is 0 Å². The summed E-state index contributed by atoms with van der Waals surface area (Å²) in [7, 11) is 0. The van der Waals surface area contributed by atoms with Crippen LogP contribution in [-0.4, -0.2) is 30.5 Å². The second-order valence-electron chi connectivity index (χ2n) is 7.49. The van der Waals surface area contributed by atoms with Gasteiger partial charge in [0, 0.05) is 20.9 Å². The zero-order valence-electron chi connectivity index (χ0n) is 18.9. The number of carbonyl (C=O) groups is 3. The van der Waals surface area contributed by atoms with Gasteiger partial charge in [0.05, 0.1) is 6.21 Å². The molecule has 180 valence electrons. The maximum atomic E-state index is 12.4. The molecule has 10 heteroatoms. The first-order valence-corrected chi connectivity index (χ1v) is 11.6. The predicted octanol–water partition coefficient (Wildman–Crippen LogP) is 4.83. The third-order valence-electron chi connectivity index (χ3n) is 4.66. The van der Waals surface area contributed by atoms with Crippen LogP contribution in [0.2, 0.25) is 5.02 Å². The number of ether oxygens (including phenoxy) is 1. The Hall–Kier alpha value is -3.69. The van der Waals surface area contributed by atoms with Gasteiger partial charge in [0.1, 0.15) is 5.75 Å². The standard InChI is InChI=1S/C25H22BrClN4O4/c1-15-9-18(26)10-16(2)23(15)30-22(32)14-35-21-8-3-5-17(11-21)13-28-31-25(34)24(33)29-20-7-4-6-19(27)12-20/h3-13H,14H2,1-2H3,(H,29,33)(H,30,32)(H,31,34)/b28-13-. The Bertz CT molecular complexity index is 1270. The van der Waals surface area contributed by atoms with Gasteiger partial charge in [0.2, 0.25) is 0 Å². The van der Waals surface area contributed by atoms with Crippen LogP contribution in [0.1, 0.15) is 16.7 Å². The van der Waals surface area contributed by atoms with Crippen molar-refractivity contribution in [2.24, 2.45) is 5.10 Å². The fraction of sp³-hybridized carbons (Fsp3) is 0.120. The number of nitrogens with zero attached hydrogens (tertiary/aromatic N) is 1. The Kier molecular flexibility index (Phi) is 8.99. The zero-order valence-corrected chi connectivity index (χ0v) is 21.2. The SMILES string of the molecule is Cc1cc(Br)cc(C)c1NC(=O)COc1cccc(/C=N\NC(=O)C(=O)Nc2cccc(Cl)c2)c1. The lowest BCUT2D eigenvalue weighted by atomic mass is 10.1. The summed E-state index contributed by atoms with van der Waals surface area (Å²) >= 11 is 9.29. The molecule has 0 bridgehead atoms. The molecule has 0 atom stereocenters. The fourth-order valence-electron chi connectivity index (χ4n) is 3.09. The van der Waals surface area contributed by atoms with E-state index in [0.29, 0.717) is 22.0 Å². The number of hydrogen-bond acceptors (Lipinski definition) is 5. The molecule has 0 aliphatic carbocycles. The van der Waals surface area contributed by atoms with E-state index in [1.54, 1.807) is 42.5 Å². The van der Waals surface area contributed by atoms with Crippen molar-refractivity contribution in [2.75, 3.05) is 17.2 Å². The molecule has 0 aromatic heterocycles. The summed E-state index contributed by atoms with van der Waals surface area (Å²) in [4.78, 5) is 36.3. The predicted molar refractivity (Wildman–Crippen MR) is 140 cm³/mol. The van der Waals surface area contributed by atoms with Gasteiger partial charge in [-0.3, -0.25) is 14.4 Å². The van der Waals surface area contributed by atoms with Crippen LogP contribution in [0.25, 0.3) is 0 Å². The molecule has 3 N–H and O–H groups in total. The second-order valence-corrected chi connectivity index (χ2v) is 8.84. The number of hydrogen-bond donors (Lipinski definition) is 3. The minimum Gasteiger partial charge on any atom is -0.484 e. The molecular formula is C25H22BrClN4O4. The van der Waals surface area contributed by atoms with E-state index in [4.69, 9.17) is 16.3 Å². The van der Waals surface area contributed by atoms with Gasteiger partial charge in [-0.15, -0.1) is 0 Å². The van der Waals surface area contributed by atoms with Crippen LogP contribution < -0.4 is 20.8 Å². The molecule has 3 amide bonds. The van der Waals surface area contributed by atoms with Gasteiger partial charge in [-0.05, 0) is 73.0 Å². The Morgan fingerprint density at radius 2 is 1.69 bits per heavy atom. The van der Waals surface area contributed by atoms with E-state index < -0.39 is 11.8 Å². The minimum atomic E-state index is -0.941. The number of aryl methyl sites for hydroxylation is 2. The highest BCUT2D eigenvalue weighted by Crippen LogP contribution is 2.25. The lowest BCUT2D eigenvalue weighted by Gasteiger charge is -2.13. The van der Waals surface area contributed by atoms with Gasteiger partial charge in [-0.25, -0.2) is 5.43 Å². The molecule has 0 radical (unpaired) electrons. The Labute approximate surface area is 215 Å². The van der Waals surface area contributed by atoms with Gasteiger partial charge < -0.3 is 15.4 Å². The number of amides is 3. The van der Waals surface area contributed by atoms with E-state index in [1.165, 1.54) is 12.3 Å².